The molecule has 1 aromatic rings. The fourth-order valence-electron chi connectivity index (χ4n) is 2.00. The number of nitrogens with one attached hydrogen (secondary N) is 1. The minimum atomic E-state index is -0.459. The summed E-state index contributed by atoms with van der Waals surface area (Å²) in [6, 6.07) is 2.76. The summed E-state index contributed by atoms with van der Waals surface area (Å²) in [7, 11) is 0. The number of hydrogen-bond acceptors (Lipinski definition) is 3. The lowest BCUT2D eigenvalue weighted by molar-refractivity contribution is 0.108. The van der Waals surface area contributed by atoms with Crippen LogP contribution in [0, 0.1) is 11.7 Å². The molecule has 1 aliphatic rings. The highest BCUT2D eigenvalue weighted by atomic mass is 35.5. The molecular formula is C12H16ClFN2O. The van der Waals surface area contributed by atoms with Crippen molar-refractivity contribution in [3.63, 3.8) is 0 Å². The standard InChI is InChI=1S/C12H16ClFN2O/c1-7-8(2-3-17-7)6-16-12-5-10(14)9(13)4-11(12)15/h4-5,7-8,16H,2-3,6,15H2,1H3. The van der Waals surface area contributed by atoms with Gasteiger partial charge in [-0.05, 0) is 19.4 Å². The molecule has 2 unspecified atom stereocenters. The zero-order valence-electron chi connectivity index (χ0n) is 9.67. The van der Waals surface area contributed by atoms with Gasteiger partial charge in [0, 0.05) is 25.1 Å². The highest BCUT2D eigenvalue weighted by molar-refractivity contribution is 6.31. The van der Waals surface area contributed by atoms with E-state index in [1.54, 1.807) is 0 Å². The predicted molar refractivity (Wildman–Crippen MR) is 67.8 cm³/mol. The van der Waals surface area contributed by atoms with Crippen LogP contribution < -0.4 is 11.1 Å². The Balaban J connectivity index is 2.01. The Morgan fingerprint density at radius 1 is 1.59 bits per heavy atom. The quantitative estimate of drug-likeness (QED) is 0.820. The van der Waals surface area contributed by atoms with Crippen LogP contribution in [-0.2, 0) is 4.74 Å². The molecule has 0 saturated carbocycles. The number of hydrogen-bond donors (Lipinski definition) is 2. The summed E-state index contributed by atoms with van der Waals surface area (Å²) < 4.78 is 18.7. The summed E-state index contributed by atoms with van der Waals surface area (Å²) >= 11 is 5.63. The van der Waals surface area contributed by atoms with E-state index in [-0.39, 0.29) is 11.1 Å². The first-order chi connectivity index (χ1) is 8.08. The first-order valence-electron chi connectivity index (χ1n) is 5.68. The number of anilines is 2. The van der Waals surface area contributed by atoms with E-state index in [1.807, 2.05) is 6.92 Å². The van der Waals surface area contributed by atoms with Gasteiger partial charge < -0.3 is 15.8 Å². The second-order valence-electron chi connectivity index (χ2n) is 4.36. The van der Waals surface area contributed by atoms with Crippen LogP contribution in [0.5, 0.6) is 0 Å². The van der Waals surface area contributed by atoms with Crippen molar-refractivity contribution in [2.45, 2.75) is 19.4 Å². The zero-order valence-corrected chi connectivity index (χ0v) is 10.4. The van der Waals surface area contributed by atoms with Gasteiger partial charge in [0.05, 0.1) is 22.5 Å². The molecule has 1 heterocycles. The van der Waals surface area contributed by atoms with E-state index in [4.69, 9.17) is 22.1 Å². The normalized spacial score (nSPS) is 23.9. The molecular weight excluding hydrogens is 243 g/mol. The molecule has 0 spiro atoms. The number of benzene rings is 1. The third-order valence-electron chi connectivity index (χ3n) is 3.18. The van der Waals surface area contributed by atoms with Gasteiger partial charge in [-0.25, -0.2) is 4.39 Å². The maximum Gasteiger partial charge on any atom is 0.143 e. The number of halogens is 2. The molecule has 0 aliphatic carbocycles. The SMILES string of the molecule is CC1OCCC1CNc1cc(F)c(Cl)cc1N. The van der Waals surface area contributed by atoms with Gasteiger partial charge in [0.2, 0.25) is 0 Å². The molecule has 1 fully saturated rings. The van der Waals surface area contributed by atoms with E-state index >= 15 is 0 Å². The van der Waals surface area contributed by atoms with E-state index in [9.17, 15) is 4.39 Å². The van der Waals surface area contributed by atoms with E-state index in [2.05, 4.69) is 5.32 Å². The highest BCUT2D eigenvalue weighted by Crippen LogP contribution is 2.27. The average molecular weight is 259 g/mol. The summed E-state index contributed by atoms with van der Waals surface area (Å²) in [5, 5.41) is 3.20. The van der Waals surface area contributed by atoms with Crippen molar-refractivity contribution >= 4 is 23.0 Å². The molecule has 2 rings (SSSR count). The fourth-order valence-corrected chi connectivity index (χ4v) is 2.17. The van der Waals surface area contributed by atoms with Crippen LogP contribution in [0.1, 0.15) is 13.3 Å². The third-order valence-corrected chi connectivity index (χ3v) is 3.47. The van der Waals surface area contributed by atoms with Gasteiger partial charge in [0.15, 0.2) is 0 Å². The monoisotopic (exact) mass is 258 g/mol. The van der Waals surface area contributed by atoms with Crippen LogP contribution in [0.3, 0.4) is 0 Å². The Kier molecular flexibility index (Phi) is 3.74. The van der Waals surface area contributed by atoms with E-state index in [0.717, 1.165) is 19.6 Å². The van der Waals surface area contributed by atoms with Gasteiger partial charge in [-0.2, -0.15) is 0 Å². The van der Waals surface area contributed by atoms with Crippen molar-refractivity contribution in [2.75, 3.05) is 24.2 Å². The molecule has 0 bridgehead atoms. The van der Waals surface area contributed by atoms with Crippen molar-refractivity contribution in [3.8, 4) is 0 Å². The van der Waals surface area contributed by atoms with Crippen LogP contribution in [-0.4, -0.2) is 19.3 Å². The molecule has 0 aromatic heterocycles. The summed E-state index contributed by atoms with van der Waals surface area (Å²) in [5.74, 6) is -0.0211. The Hall–Kier alpha value is -1.00. The molecule has 0 amide bonds. The van der Waals surface area contributed by atoms with Crippen molar-refractivity contribution in [1.29, 1.82) is 0 Å². The van der Waals surface area contributed by atoms with E-state index in [0.29, 0.717) is 17.3 Å². The first-order valence-corrected chi connectivity index (χ1v) is 6.05. The van der Waals surface area contributed by atoms with Gasteiger partial charge in [0.1, 0.15) is 5.82 Å². The molecule has 1 aromatic carbocycles. The number of nitrogens with two attached hydrogens (primary N) is 1. The first kappa shape index (κ1) is 12.5. The highest BCUT2D eigenvalue weighted by Gasteiger charge is 2.23. The van der Waals surface area contributed by atoms with Gasteiger partial charge >= 0.3 is 0 Å². The number of nitrogen functional groups attached to an aromatic ring is 1. The number of rotatable bonds is 3. The molecule has 1 saturated heterocycles. The second-order valence-corrected chi connectivity index (χ2v) is 4.77. The molecule has 5 heteroatoms. The molecule has 94 valence electrons. The van der Waals surface area contributed by atoms with Crippen molar-refractivity contribution in [1.82, 2.24) is 0 Å². The largest absolute Gasteiger partial charge is 0.397 e. The van der Waals surface area contributed by atoms with Crippen molar-refractivity contribution < 1.29 is 9.13 Å². The van der Waals surface area contributed by atoms with Gasteiger partial charge in [0.25, 0.3) is 0 Å². The maximum absolute atomic E-state index is 13.3. The third kappa shape index (κ3) is 2.82. The Morgan fingerprint density at radius 3 is 3.00 bits per heavy atom. The molecule has 2 atom stereocenters. The van der Waals surface area contributed by atoms with Crippen molar-refractivity contribution in [3.05, 3.63) is 23.0 Å². The van der Waals surface area contributed by atoms with Crippen molar-refractivity contribution in [2.24, 2.45) is 5.92 Å². The van der Waals surface area contributed by atoms with Crippen LogP contribution in [0.2, 0.25) is 5.02 Å². The summed E-state index contributed by atoms with van der Waals surface area (Å²) in [6.07, 6.45) is 1.25. The molecule has 3 N–H and O–H groups in total. The van der Waals surface area contributed by atoms with Crippen LogP contribution >= 0.6 is 11.6 Å². The van der Waals surface area contributed by atoms with Gasteiger partial charge in [-0.1, -0.05) is 11.6 Å². The summed E-state index contributed by atoms with van der Waals surface area (Å²) in [4.78, 5) is 0. The fraction of sp³-hybridized carbons (Fsp3) is 0.500. The van der Waals surface area contributed by atoms with E-state index < -0.39 is 5.82 Å². The van der Waals surface area contributed by atoms with Gasteiger partial charge in [-0.3, -0.25) is 0 Å². The minimum Gasteiger partial charge on any atom is -0.397 e. The van der Waals surface area contributed by atoms with E-state index in [1.165, 1.54) is 12.1 Å². The summed E-state index contributed by atoms with van der Waals surface area (Å²) in [5.41, 5.74) is 6.81. The summed E-state index contributed by atoms with van der Waals surface area (Å²) in [6.45, 7) is 3.57. The van der Waals surface area contributed by atoms with Crippen LogP contribution in [0.25, 0.3) is 0 Å². The lowest BCUT2D eigenvalue weighted by Crippen LogP contribution is -2.21. The molecule has 17 heavy (non-hydrogen) atoms. The minimum absolute atomic E-state index is 0.0469. The van der Waals surface area contributed by atoms with Gasteiger partial charge in [-0.15, -0.1) is 0 Å². The molecule has 3 nitrogen and oxygen atoms in total. The zero-order chi connectivity index (χ0) is 12.4. The Bertz CT molecular complexity index is 414. The van der Waals surface area contributed by atoms with Crippen LogP contribution in [0.15, 0.2) is 12.1 Å². The smallest absolute Gasteiger partial charge is 0.143 e. The number of ether oxygens (including phenoxy) is 1. The second kappa shape index (κ2) is 5.10. The lowest BCUT2D eigenvalue weighted by Gasteiger charge is -2.16. The topological polar surface area (TPSA) is 47.3 Å². The molecule has 0 radical (unpaired) electrons. The lowest BCUT2D eigenvalue weighted by atomic mass is 10.0. The average Bonchev–Trinajstić information content (AvgIpc) is 2.68. The Morgan fingerprint density at radius 2 is 2.35 bits per heavy atom. The maximum atomic E-state index is 13.3. The Labute approximate surface area is 105 Å². The van der Waals surface area contributed by atoms with Crippen LogP contribution in [0.4, 0.5) is 15.8 Å². The predicted octanol–water partition coefficient (Wildman–Crippen LogP) is 2.90. The molecule has 1 aliphatic heterocycles.